The fourth-order valence-electron chi connectivity index (χ4n) is 2.53. The minimum Gasteiger partial charge on any atom is -0.298 e. The van der Waals surface area contributed by atoms with Crippen LogP contribution in [0.15, 0.2) is 27.6 Å². The van der Waals surface area contributed by atoms with Gasteiger partial charge in [-0.05, 0) is 54.5 Å². The van der Waals surface area contributed by atoms with E-state index < -0.39 is 10.0 Å². The van der Waals surface area contributed by atoms with Gasteiger partial charge >= 0.3 is 0 Å². The van der Waals surface area contributed by atoms with E-state index in [4.69, 9.17) is 11.6 Å². The molecule has 0 aromatic heterocycles. The summed E-state index contributed by atoms with van der Waals surface area (Å²) in [6.07, 6.45) is 0. The van der Waals surface area contributed by atoms with E-state index in [0.717, 1.165) is 5.56 Å². The molecule has 1 aromatic carbocycles. The molecular formula is C14H20BrClN2O2S. The van der Waals surface area contributed by atoms with Crippen molar-refractivity contribution in [2.45, 2.75) is 36.7 Å². The first kappa shape index (κ1) is 17.2. The normalized spacial score (nSPS) is 25.2. The van der Waals surface area contributed by atoms with Gasteiger partial charge in [0.05, 0.1) is 4.90 Å². The van der Waals surface area contributed by atoms with Gasteiger partial charge in [-0.2, -0.15) is 4.31 Å². The molecule has 0 radical (unpaired) electrons. The van der Waals surface area contributed by atoms with E-state index in [2.05, 4.69) is 20.8 Å². The van der Waals surface area contributed by atoms with Crippen LogP contribution in [0.3, 0.4) is 0 Å². The molecule has 0 amide bonds. The highest BCUT2D eigenvalue weighted by molar-refractivity contribution is 9.10. The molecule has 1 fully saturated rings. The van der Waals surface area contributed by atoms with Crippen molar-refractivity contribution < 1.29 is 8.42 Å². The lowest BCUT2D eigenvalue weighted by molar-refractivity contribution is 0.105. The van der Waals surface area contributed by atoms with Gasteiger partial charge in [-0.3, -0.25) is 4.90 Å². The Hall–Kier alpha value is -0.140. The Balaban J connectivity index is 2.34. The number of halogens is 2. The lowest BCUT2D eigenvalue weighted by Gasteiger charge is -2.41. The maximum Gasteiger partial charge on any atom is 0.244 e. The number of nitrogens with zero attached hydrogens (tertiary/aromatic N) is 2. The topological polar surface area (TPSA) is 40.6 Å². The van der Waals surface area contributed by atoms with Crippen molar-refractivity contribution in [2.24, 2.45) is 0 Å². The molecule has 1 saturated heterocycles. The number of sulfonamides is 1. The van der Waals surface area contributed by atoms with Crippen LogP contribution in [0, 0.1) is 0 Å². The number of hydrogen-bond donors (Lipinski definition) is 0. The van der Waals surface area contributed by atoms with E-state index in [1.807, 2.05) is 20.9 Å². The Kier molecular flexibility index (Phi) is 5.36. The first-order valence-corrected chi connectivity index (χ1v) is 9.60. The molecule has 2 rings (SSSR count). The van der Waals surface area contributed by atoms with E-state index in [1.54, 1.807) is 22.5 Å². The molecule has 7 heteroatoms. The van der Waals surface area contributed by atoms with Crippen molar-refractivity contribution >= 4 is 37.6 Å². The Morgan fingerprint density at radius 3 is 2.33 bits per heavy atom. The Bertz CT molecular complexity index is 611. The molecule has 1 aromatic rings. The third-order valence-electron chi connectivity index (χ3n) is 4.09. The second kappa shape index (κ2) is 6.54. The van der Waals surface area contributed by atoms with Crippen molar-refractivity contribution in [3.8, 4) is 0 Å². The zero-order valence-corrected chi connectivity index (χ0v) is 15.5. The average Bonchev–Trinajstić information content (AvgIpc) is 2.43. The molecule has 0 spiro atoms. The average molecular weight is 396 g/mol. The maximum absolute atomic E-state index is 12.8. The summed E-state index contributed by atoms with van der Waals surface area (Å²) in [5, 5.41) is 0. The van der Waals surface area contributed by atoms with Gasteiger partial charge in [0.2, 0.25) is 10.0 Å². The van der Waals surface area contributed by atoms with E-state index in [0.29, 0.717) is 28.3 Å². The molecular weight excluding hydrogens is 376 g/mol. The van der Waals surface area contributed by atoms with E-state index in [1.165, 1.54) is 0 Å². The van der Waals surface area contributed by atoms with Gasteiger partial charge in [0, 0.05) is 35.5 Å². The molecule has 1 aliphatic heterocycles. The van der Waals surface area contributed by atoms with E-state index >= 15 is 0 Å². The quantitative estimate of drug-likeness (QED) is 0.739. The lowest BCUT2D eigenvalue weighted by Crippen LogP contribution is -2.56. The first-order valence-electron chi connectivity index (χ1n) is 6.84. The van der Waals surface area contributed by atoms with Crippen LogP contribution in [0.2, 0.25) is 0 Å². The Labute approximate surface area is 140 Å². The molecule has 0 N–H and O–H groups in total. The fourth-order valence-corrected chi connectivity index (χ4v) is 5.38. The summed E-state index contributed by atoms with van der Waals surface area (Å²) in [7, 11) is -1.46. The summed E-state index contributed by atoms with van der Waals surface area (Å²) in [5.41, 5.74) is 0.891. The maximum atomic E-state index is 12.8. The van der Waals surface area contributed by atoms with E-state index in [-0.39, 0.29) is 12.1 Å². The monoisotopic (exact) mass is 394 g/mol. The second-order valence-electron chi connectivity index (χ2n) is 5.58. The van der Waals surface area contributed by atoms with Gasteiger partial charge in [-0.15, -0.1) is 11.6 Å². The molecule has 0 aliphatic carbocycles. The van der Waals surface area contributed by atoms with Crippen LogP contribution < -0.4 is 0 Å². The lowest BCUT2D eigenvalue weighted by atomic mass is 10.1. The molecule has 4 nitrogen and oxygen atoms in total. The summed E-state index contributed by atoms with van der Waals surface area (Å²) in [5.74, 6) is 0.363. The number of likely N-dealkylation sites (N-methyl/N-ethyl adjacent to an activating group) is 1. The Morgan fingerprint density at radius 1 is 1.29 bits per heavy atom. The second-order valence-corrected chi connectivity index (χ2v) is 8.61. The zero-order chi connectivity index (χ0) is 15.8. The smallest absolute Gasteiger partial charge is 0.244 e. The number of rotatable bonds is 3. The SMILES string of the molecule is CC1CN(S(=O)(=O)c2ccc(CCl)cc2Br)CC(C)N1C. The summed E-state index contributed by atoms with van der Waals surface area (Å²) < 4.78 is 27.8. The van der Waals surface area contributed by atoms with Gasteiger partial charge in [-0.1, -0.05) is 6.07 Å². The van der Waals surface area contributed by atoms with Gasteiger partial charge < -0.3 is 0 Å². The fraction of sp³-hybridized carbons (Fsp3) is 0.571. The molecule has 1 aliphatic rings. The van der Waals surface area contributed by atoms with Crippen molar-refractivity contribution in [1.82, 2.24) is 9.21 Å². The van der Waals surface area contributed by atoms with Crippen LogP contribution in [-0.2, 0) is 15.9 Å². The highest BCUT2D eigenvalue weighted by atomic mass is 79.9. The highest BCUT2D eigenvalue weighted by Gasteiger charge is 2.35. The van der Waals surface area contributed by atoms with Crippen molar-refractivity contribution in [2.75, 3.05) is 20.1 Å². The Morgan fingerprint density at radius 2 is 1.86 bits per heavy atom. The molecule has 2 unspecified atom stereocenters. The largest absolute Gasteiger partial charge is 0.298 e. The number of piperazine rings is 1. The number of benzene rings is 1. The number of hydrogen-bond acceptors (Lipinski definition) is 3. The summed E-state index contributed by atoms with van der Waals surface area (Å²) >= 11 is 9.14. The molecule has 21 heavy (non-hydrogen) atoms. The van der Waals surface area contributed by atoms with Crippen LogP contribution in [0.5, 0.6) is 0 Å². The van der Waals surface area contributed by atoms with Crippen LogP contribution in [0.1, 0.15) is 19.4 Å². The van der Waals surface area contributed by atoms with Gasteiger partial charge in [0.1, 0.15) is 0 Å². The first-order chi connectivity index (χ1) is 9.77. The molecule has 0 saturated carbocycles. The van der Waals surface area contributed by atoms with Gasteiger partial charge in [0.25, 0.3) is 0 Å². The van der Waals surface area contributed by atoms with E-state index in [9.17, 15) is 8.42 Å². The predicted molar refractivity (Wildman–Crippen MR) is 89.1 cm³/mol. The highest BCUT2D eigenvalue weighted by Crippen LogP contribution is 2.29. The standard InChI is InChI=1S/C14H20BrClN2O2S/c1-10-8-18(9-11(2)17(10)3)21(19,20)14-5-4-12(7-16)6-13(14)15/h4-6,10-11H,7-9H2,1-3H3. The van der Waals surface area contributed by atoms with Crippen LogP contribution >= 0.6 is 27.5 Å². The number of alkyl halides is 1. The molecule has 0 bridgehead atoms. The van der Waals surface area contributed by atoms with Crippen LogP contribution in [0.4, 0.5) is 0 Å². The third-order valence-corrected chi connectivity index (χ3v) is 7.21. The van der Waals surface area contributed by atoms with Crippen molar-refractivity contribution in [3.05, 3.63) is 28.2 Å². The van der Waals surface area contributed by atoms with Gasteiger partial charge in [-0.25, -0.2) is 8.42 Å². The predicted octanol–water partition coefficient (Wildman–Crippen LogP) is 2.90. The van der Waals surface area contributed by atoms with Crippen molar-refractivity contribution in [3.63, 3.8) is 0 Å². The van der Waals surface area contributed by atoms with Gasteiger partial charge in [0.15, 0.2) is 0 Å². The summed E-state index contributed by atoms with van der Waals surface area (Å²) in [6, 6.07) is 5.55. The minimum atomic E-state index is -3.49. The third kappa shape index (κ3) is 3.45. The van der Waals surface area contributed by atoms with Crippen molar-refractivity contribution in [1.29, 1.82) is 0 Å². The van der Waals surface area contributed by atoms with Crippen LogP contribution in [0.25, 0.3) is 0 Å². The molecule has 2 atom stereocenters. The van der Waals surface area contributed by atoms with Crippen LogP contribution in [-0.4, -0.2) is 49.8 Å². The minimum absolute atomic E-state index is 0.199. The molecule has 1 heterocycles. The molecule has 118 valence electrons. The summed E-state index contributed by atoms with van der Waals surface area (Å²) in [6.45, 7) is 5.10. The summed E-state index contributed by atoms with van der Waals surface area (Å²) in [4.78, 5) is 2.51. The zero-order valence-electron chi connectivity index (χ0n) is 12.4.